The normalized spacial score (nSPS) is 20.2. The second-order valence-corrected chi connectivity index (χ2v) is 8.26. The van der Waals surface area contributed by atoms with E-state index in [4.69, 9.17) is 4.98 Å². The number of para-hydroxylation sites is 2. The summed E-state index contributed by atoms with van der Waals surface area (Å²) in [5, 5.41) is 0. The number of piperazine rings is 1. The van der Waals surface area contributed by atoms with Crippen LogP contribution in [0, 0.1) is 6.92 Å². The van der Waals surface area contributed by atoms with E-state index in [-0.39, 0.29) is 0 Å². The Labute approximate surface area is 165 Å². The molecule has 0 aliphatic carbocycles. The summed E-state index contributed by atoms with van der Waals surface area (Å²) in [6.45, 7) is 9.36. The highest BCUT2D eigenvalue weighted by Gasteiger charge is 2.21. The number of quaternary nitrogens is 2. The molecular formula is C23H29N5+2. The monoisotopic (exact) mass is 375 g/mol. The fraction of sp³-hybridized carbons (Fsp3) is 0.348. The van der Waals surface area contributed by atoms with Gasteiger partial charge in [0.05, 0.1) is 36.9 Å². The zero-order valence-electron chi connectivity index (χ0n) is 16.8. The standard InChI is InChI=1S/C23H27N5/c1-18-7-9-19(10-8-18)22-17-28-21-6-4-3-5-20(21)24-23(28)27(22)16-15-26-13-11-25(2)12-14-26/h3-10,17H,11-16H2,1-2H3/p+2. The van der Waals surface area contributed by atoms with Gasteiger partial charge in [0.2, 0.25) is 5.78 Å². The molecule has 0 bridgehead atoms. The Hall–Kier alpha value is -2.63. The number of imidazole rings is 2. The van der Waals surface area contributed by atoms with Gasteiger partial charge in [0.1, 0.15) is 26.2 Å². The number of hydrogen-bond donors (Lipinski definition) is 2. The maximum absolute atomic E-state index is 4.97. The molecule has 1 saturated heterocycles. The average Bonchev–Trinajstić information content (AvgIpc) is 3.24. The first-order valence-corrected chi connectivity index (χ1v) is 10.4. The summed E-state index contributed by atoms with van der Waals surface area (Å²) in [5.41, 5.74) is 6.06. The molecule has 0 unspecified atom stereocenters. The Bertz CT molecular complexity index is 1100. The Morgan fingerprint density at radius 2 is 1.71 bits per heavy atom. The highest BCUT2D eigenvalue weighted by atomic mass is 15.3. The lowest BCUT2D eigenvalue weighted by atomic mass is 10.1. The number of nitrogens with one attached hydrogen (secondary N) is 2. The molecule has 2 aromatic carbocycles. The van der Waals surface area contributed by atoms with E-state index in [0.717, 1.165) is 24.4 Å². The summed E-state index contributed by atoms with van der Waals surface area (Å²) in [5.74, 6) is 1.05. The lowest BCUT2D eigenvalue weighted by Gasteiger charge is -2.27. The van der Waals surface area contributed by atoms with Crippen molar-refractivity contribution >= 4 is 16.8 Å². The lowest BCUT2D eigenvalue weighted by Crippen LogP contribution is -3.27. The molecule has 2 N–H and O–H groups in total. The predicted molar refractivity (Wildman–Crippen MR) is 113 cm³/mol. The van der Waals surface area contributed by atoms with Gasteiger partial charge < -0.3 is 14.4 Å². The predicted octanol–water partition coefficient (Wildman–Crippen LogP) is 0.678. The van der Waals surface area contributed by atoms with Gasteiger partial charge in [0.15, 0.2) is 0 Å². The summed E-state index contributed by atoms with van der Waals surface area (Å²) in [4.78, 5) is 8.34. The van der Waals surface area contributed by atoms with Crippen LogP contribution in [-0.2, 0) is 6.54 Å². The highest BCUT2D eigenvalue weighted by molar-refractivity contribution is 5.81. The van der Waals surface area contributed by atoms with Crippen LogP contribution in [0.25, 0.3) is 28.1 Å². The van der Waals surface area contributed by atoms with Crippen molar-refractivity contribution in [1.82, 2.24) is 14.0 Å². The van der Waals surface area contributed by atoms with Crippen molar-refractivity contribution in [2.75, 3.05) is 39.8 Å². The van der Waals surface area contributed by atoms with Crippen LogP contribution in [0.1, 0.15) is 5.56 Å². The van der Waals surface area contributed by atoms with Gasteiger partial charge in [-0.1, -0.05) is 42.0 Å². The van der Waals surface area contributed by atoms with Crippen LogP contribution < -0.4 is 9.80 Å². The van der Waals surface area contributed by atoms with Crippen LogP contribution in [0.4, 0.5) is 0 Å². The van der Waals surface area contributed by atoms with Crippen molar-refractivity contribution in [3.05, 3.63) is 60.3 Å². The van der Waals surface area contributed by atoms with Gasteiger partial charge >= 0.3 is 0 Å². The number of likely N-dealkylation sites (N-methyl/N-ethyl adjacent to an activating group) is 1. The second kappa shape index (κ2) is 7.08. The van der Waals surface area contributed by atoms with Crippen molar-refractivity contribution in [3.63, 3.8) is 0 Å². The largest absolute Gasteiger partial charge is 0.328 e. The number of aryl methyl sites for hydroxylation is 1. The van der Waals surface area contributed by atoms with Crippen molar-refractivity contribution < 1.29 is 9.80 Å². The van der Waals surface area contributed by atoms with E-state index in [0.29, 0.717) is 0 Å². The minimum atomic E-state index is 0.997. The first-order chi connectivity index (χ1) is 13.7. The first kappa shape index (κ1) is 17.5. The molecule has 2 aromatic heterocycles. The molecule has 1 fully saturated rings. The molecule has 0 saturated carbocycles. The van der Waals surface area contributed by atoms with E-state index in [9.17, 15) is 0 Å². The summed E-state index contributed by atoms with van der Waals surface area (Å²) < 4.78 is 4.68. The third-order valence-corrected chi connectivity index (χ3v) is 6.21. The number of hydrogen-bond acceptors (Lipinski definition) is 1. The number of aromatic nitrogens is 3. The van der Waals surface area contributed by atoms with Crippen LogP contribution in [-0.4, -0.2) is 53.7 Å². The minimum Gasteiger partial charge on any atom is -0.328 e. The third kappa shape index (κ3) is 3.11. The third-order valence-electron chi connectivity index (χ3n) is 6.21. The van der Waals surface area contributed by atoms with Crippen LogP contribution >= 0.6 is 0 Å². The molecule has 0 radical (unpaired) electrons. The SMILES string of the molecule is Cc1ccc(-c2cn3c4ccccc4nc3n2CC[NH+]2CC[NH+](C)CC2)cc1. The van der Waals surface area contributed by atoms with Crippen LogP contribution in [0.2, 0.25) is 0 Å². The average molecular weight is 376 g/mol. The lowest BCUT2D eigenvalue weighted by molar-refractivity contribution is -1.00. The maximum atomic E-state index is 4.97. The fourth-order valence-electron chi connectivity index (χ4n) is 4.37. The Kier molecular flexibility index (Phi) is 4.41. The molecule has 144 valence electrons. The van der Waals surface area contributed by atoms with E-state index >= 15 is 0 Å². The zero-order valence-corrected chi connectivity index (χ0v) is 16.8. The molecular weight excluding hydrogens is 346 g/mol. The molecule has 5 heteroatoms. The highest BCUT2D eigenvalue weighted by Crippen LogP contribution is 2.26. The quantitative estimate of drug-likeness (QED) is 0.540. The summed E-state index contributed by atoms with van der Waals surface area (Å²) in [6.07, 6.45) is 2.26. The van der Waals surface area contributed by atoms with E-state index < -0.39 is 0 Å². The van der Waals surface area contributed by atoms with E-state index in [1.165, 1.54) is 48.5 Å². The topological polar surface area (TPSA) is 31.1 Å². The molecule has 0 atom stereocenters. The Balaban J connectivity index is 1.55. The summed E-state index contributed by atoms with van der Waals surface area (Å²) in [6, 6.07) is 17.3. The van der Waals surface area contributed by atoms with Gasteiger partial charge in [-0.25, -0.2) is 4.98 Å². The number of rotatable bonds is 4. The number of nitrogens with zero attached hydrogens (tertiary/aromatic N) is 3. The molecule has 1 aliphatic heterocycles. The molecule has 5 nitrogen and oxygen atoms in total. The Morgan fingerprint density at radius 3 is 2.50 bits per heavy atom. The van der Waals surface area contributed by atoms with E-state index in [2.05, 4.69) is 77.7 Å². The van der Waals surface area contributed by atoms with Crippen molar-refractivity contribution in [2.45, 2.75) is 13.5 Å². The van der Waals surface area contributed by atoms with Gasteiger partial charge in [-0.2, -0.15) is 0 Å². The summed E-state index contributed by atoms with van der Waals surface area (Å²) >= 11 is 0. The van der Waals surface area contributed by atoms with E-state index in [1.54, 1.807) is 9.80 Å². The zero-order chi connectivity index (χ0) is 19.1. The van der Waals surface area contributed by atoms with Crippen LogP contribution in [0.5, 0.6) is 0 Å². The first-order valence-electron chi connectivity index (χ1n) is 10.4. The summed E-state index contributed by atoms with van der Waals surface area (Å²) in [7, 11) is 2.30. The van der Waals surface area contributed by atoms with Crippen LogP contribution in [0.15, 0.2) is 54.7 Å². The maximum Gasteiger partial charge on any atom is 0.215 e. The molecule has 28 heavy (non-hydrogen) atoms. The van der Waals surface area contributed by atoms with Gasteiger partial charge in [-0.15, -0.1) is 0 Å². The van der Waals surface area contributed by atoms with Crippen LogP contribution in [0.3, 0.4) is 0 Å². The minimum absolute atomic E-state index is 0.997. The van der Waals surface area contributed by atoms with Crippen molar-refractivity contribution in [3.8, 4) is 11.3 Å². The van der Waals surface area contributed by atoms with Gasteiger partial charge in [-0.05, 0) is 24.6 Å². The molecule has 0 spiro atoms. The van der Waals surface area contributed by atoms with Gasteiger partial charge in [0.25, 0.3) is 0 Å². The fourth-order valence-corrected chi connectivity index (χ4v) is 4.37. The second-order valence-electron chi connectivity index (χ2n) is 8.26. The molecule has 1 aliphatic rings. The van der Waals surface area contributed by atoms with Crippen molar-refractivity contribution in [1.29, 1.82) is 0 Å². The Morgan fingerprint density at radius 1 is 0.964 bits per heavy atom. The van der Waals surface area contributed by atoms with Gasteiger partial charge in [0, 0.05) is 6.20 Å². The molecule has 5 rings (SSSR count). The smallest absolute Gasteiger partial charge is 0.215 e. The molecule has 0 amide bonds. The molecule has 4 aromatic rings. The van der Waals surface area contributed by atoms with E-state index in [1.807, 2.05) is 0 Å². The van der Waals surface area contributed by atoms with Gasteiger partial charge in [-0.3, -0.25) is 4.40 Å². The van der Waals surface area contributed by atoms with Crippen molar-refractivity contribution in [2.24, 2.45) is 0 Å². The number of benzene rings is 2. The number of fused-ring (bicyclic) bond motifs is 3. The molecule has 3 heterocycles.